The maximum atomic E-state index is 11.7. The van der Waals surface area contributed by atoms with Gasteiger partial charge in [-0.15, -0.1) is 0 Å². The number of pyridine rings is 6. The topological polar surface area (TPSA) is 404 Å². The third-order valence-electron chi connectivity index (χ3n) is 17.8. The van der Waals surface area contributed by atoms with Crippen molar-refractivity contribution in [3.05, 3.63) is 253 Å². The van der Waals surface area contributed by atoms with E-state index in [2.05, 4.69) is 0 Å². The summed E-state index contributed by atoms with van der Waals surface area (Å²) in [5.41, 5.74) is 16.8. The number of aryl methyl sites for hydroxylation is 6. The van der Waals surface area contributed by atoms with Crippen LogP contribution in [0.3, 0.4) is 0 Å². The summed E-state index contributed by atoms with van der Waals surface area (Å²) in [6.07, 6.45) is 0. The predicted molar refractivity (Wildman–Crippen MR) is 411 cm³/mol. The summed E-state index contributed by atoms with van der Waals surface area (Å²) >= 11 is 0. The van der Waals surface area contributed by atoms with Gasteiger partial charge in [-0.25, -0.2) is 0 Å². The largest absolute Gasteiger partial charge is 2.00 e. The van der Waals surface area contributed by atoms with Crippen molar-refractivity contribution in [2.24, 2.45) is 0 Å². The van der Waals surface area contributed by atoms with Crippen LogP contribution in [0.4, 0.5) is 0 Å². The van der Waals surface area contributed by atoms with E-state index < -0.39 is 60.7 Å². The Morgan fingerprint density at radius 3 is 0.541 bits per heavy atom. The molecule has 0 unspecified atom stereocenters. The third-order valence-corrected chi connectivity index (χ3v) is 22.9. The summed E-state index contributed by atoms with van der Waals surface area (Å²) in [7, 11) is -26.0. The minimum absolute atomic E-state index is 0. The van der Waals surface area contributed by atoms with Gasteiger partial charge in [-0.2, -0.15) is 50.5 Å². The summed E-state index contributed by atoms with van der Waals surface area (Å²) in [6, 6.07) is 58.6. The van der Waals surface area contributed by atoms with Crippen molar-refractivity contribution >= 4 is 126 Å². The number of hydrogen-bond acceptors (Lipinski definition) is 18. The van der Waals surface area contributed by atoms with E-state index in [4.69, 9.17) is 29.9 Å². The zero-order valence-electron chi connectivity index (χ0n) is 59.2. The predicted octanol–water partition coefficient (Wildman–Crippen LogP) is 9.69. The molecule has 6 heterocycles. The number of nitrogens with zero attached hydrogens (tertiary/aromatic N) is 6. The minimum atomic E-state index is -4.38. The SMILES string of the molecule is Cc1cc(-c2ccc(S(=O)(=O)O)cc2)c2ccc3c(-c4ccc(S(=O)(=O)O)cc4)cc(C)nc3c2n1.Cc1cc(-c2ccc(S(=O)(=O)O)cc2)c2ccc3c(-c4cccc(S(=O)(=O)O)c4)cc(C)nc3c2n1.Cc1cc(-c2cccc(S(=O)(=O)O)c2)c2ccc3c(-c4cccc(S(=O)(=O)O)c4)cc(C)nc3c2n1.[Cl-].[Na+].[Pt+2]. The molecule has 15 rings (SSSR count). The van der Waals surface area contributed by atoms with Gasteiger partial charge < -0.3 is 12.4 Å². The van der Waals surface area contributed by atoms with Crippen LogP contribution in [-0.2, 0) is 81.8 Å². The first kappa shape index (κ1) is 84.3. The Bertz CT molecular complexity index is 6780. The second kappa shape index (κ2) is 32.2. The number of rotatable bonds is 12. The molecule has 0 radical (unpaired) electrons. The quantitative estimate of drug-likeness (QED) is 0.0376. The maximum absolute atomic E-state index is 11.7. The molecule has 9 aromatic carbocycles. The molecule has 15 aromatic rings. The van der Waals surface area contributed by atoms with E-state index in [1.807, 2.05) is 114 Å². The zero-order valence-corrected chi connectivity index (χ0v) is 69.1. The number of aromatic nitrogens is 6. The number of halogens is 1. The smallest absolute Gasteiger partial charge is 1.00 e. The minimum Gasteiger partial charge on any atom is -1.00 e. The van der Waals surface area contributed by atoms with Crippen LogP contribution in [0.25, 0.3) is 132 Å². The molecule has 6 aromatic heterocycles. The molecule has 111 heavy (non-hydrogen) atoms. The normalized spacial score (nSPS) is 12.0. The Balaban J connectivity index is 0.000000175. The van der Waals surface area contributed by atoms with Crippen molar-refractivity contribution in [3.8, 4) is 66.8 Å². The second-order valence-electron chi connectivity index (χ2n) is 25.4. The van der Waals surface area contributed by atoms with Gasteiger partial charge in [-0.1, -0.05) is 109 Å². The molecule has 0 aliphatic rings. The van der Waals surface area contributed by atoms with E-state index in [0.29, 0.717) is 66.9 Å². The summed E-state index contributed by atoms with van der Waals surface area (Å²) in [5, 5.41) is 4.65. The Kier molecular flexibility index (Phi) is 24.4. The molecule has 0 saturated carbocycles. The monoisotopic (exact) mass is 1810 g/mol. The molecule has 0 aliphatic heterocycles. The molecule has 0 atom stereocenters. The van der Waals surface area contributed by atoms with Gasteiger partial charge in [0.25, 0.3) is 60.7 Å². The van der Waals surface area contributed by atoms with Crippen molar-refractivity contribution in [1.29, 1.82) is 0 Å². The van der Waals surface area contributed by atoms with Crippen LogP contribution in [0, 0.1) is 41.5 Å². The maximum Gasteiger partial charge on any atom is 2.00 e. The van der Waals surface area contributed by atoms with Crippen LogP contribution >= 0.6 is 0 Å². The molecule has 0 saturated heterocycles. The summed E-state index contributed by atoms with van der Waals surface area (Å²) in [5.74, 6) is 0. The number of fused-ring (bicyclic) bond motifs is 9. The molecule has 0 amide bonds. The average molecular weight is 1820 g/mol. The van der Waals surface area contributed by atoms with Gasteiger partial charge in [0.05, 0.1) is 62.5 Å². The first-order valence-electron chi connectivity index (χ1n) is 32.4. The molecule has 0 aliphatic carbocycles. The second-order valence-corrected chi connectivity index (χ2v) is 34.0. The van der Waals surface area contributed by atoms with Gasteiger partial charge >= 0.3 is 50.6 Å². The van der Waals surface area contributed by atoms with E-state index in [1.165, 1.54) is 72.8 Å². The van der Waals surface area contributed by atoms with Crippen LogP contribution in [0.2, 0.25) is 0 Å². The molecule has 24 nitrogen and oxygen atoms in total. The van der Waals surface area contributed by atoms with Gasteiger partial charge in [-0.3, -0.25) is 57.2 Å². The Hall–Kier alpha value is -9.12. The Labute approximate surface area is 680 Å². The fraction of sp³-hybridized carbons (Fsp3) is 0.0769. The van der Waals surface area contributed by atoms with Gasteiger partial charge in [0.2, 0.25) is 0 Å². The fourth-order valence-corrected chi connectivity index (χ4v) is 16.0. The van der Waals surface area contributed by atoms with Gasteiger partial charge in [0.1, 0.15) is 0 Å². The van der Waals surface area contributed by atoms with E-state index in [-0.39, 0.29) is 92.4 Å². The Morgan fingerprint density at radius 2 is 0.378 bits per heavy atom. The molecule has 33 heteroatoms. The van der Waals surface area contributed by atoms with Crippen LogP contribution in [-0.4, -0.2) is 108 Å². The molecular weight excluding hydrogens is 1750 g/mol. The van der Waals surface area contributed by atoms with Crippen molar-refractivity contribution in [2.75, 3.05) is 0 Å². The van der Waals surface area contributed by atoms with Gasteiger partial charge in [-0.05, 0) is 217 Å². The van der Waals surface area contributed by atoms with Gasteiger partial charge in [0, 0.05) is 66.5 Å². The molecule has 0 fully saturated rings. The first-order valence-corrected chi connectivity index (χ1v) is 41.0. The zero-order chi connectivity index (χ0) is 77.5. The standard InChI is InChI=1S/3C26H20N2O6S2.ClH.Na.Pt/c1-15-13-23(17-3-7-19(8-4-17)35(29,30)31)21-11-12-22-24(14-16(2)28-26(22)25(21)27-15)18-5-9-20(10-6-18)36(32,33)34;1-15-11-23(17-5-3-7-19(13-17)35(29,30)31)21-9-10-22-24(12-16(2)28-26(22)25(21)27-15)18-6-4-8-20(14-18)36(32,33)34;1-15-12-23(17-6-8-19(9-7-17)35(29,30)31)21-10-11-22-24(13-16(2)28-26(22)25(21)27-15)18-4-3-5-20(14-18)36(32,33)34;;;/h3*3-14H,1-2H3,(H,29,30,31)(H,32,33,34);1H;;/q;;;;+1;+2/p-1. The number of hydrogen-bond donors (Lipinski definition) is 6. The van der Waals surface area contributed by atoms with Crippen LogP contribution in [0.5, 0.6) is 0 Å². The van der Waals surface area contributed by atoms with Crippen LogP contribution in [0.15, 0.2) is 248 Å². The van der Waals surface area contributed by atoms with E-state index >= 15 is 0 Å². The fourth-order valence-electron chi connectivity index (χ4n) is 13.0. The van der Waals surface area contributed by atoms with E-state index in [0.717, 1.165) is 99.5 Å². The summed E-state index contributed by atoms with van der Waals surface area (Å²) < 4.78 is 195. The van der Waals surface area contributed by atoms with Crippen LogP contribution in [0.1, 0.15) is 34.2 Å². The average Bonchev–Trinajstić information content (AvgIpc) is 0.755. The summed E-state index contributed by atoms with van der Waals surface area (Å²) in [4.78, 5) is 27.3. The van der Waals surface area contributed by atoms with Crippen molar-refractivity contribution in [1.82, 2.24) is 29.9 Å². The number of benzene rings is 9. The molecule has 6 N–H and O–H groups in total. The molecule has 562 valence electrons. The van der Waals surface area contributed by atoms with E-state index in [9.17, 15) is 77.8 Å². The van der Waals surface area contributed by atoms with Crippen LogP contribution < -0.4 is 42.0 Å². The van der Waals surface area contributed by atoms with Gasteiger partial charge in [0.15, 0.2) is 0 Å². The molecule has 0 spiro atoms. The first-order chi connectivity index (χ1) is 50.7. The molecule has 0 bridgehead atoms. The Morgan fingerprint density at radius 1 is 0.216 bits per heavy atom. The van der Waals surface area contributed by atoms with E-state index in [1.54, 1.807) is 72.8 Å². The van der Waals surface area contributed by atoms with Crippen molar-refractivity contribution in [3.63, 3.8) is 0 Å². The van der Waals surface area contributed by atoms with Crippen molar-refractivity contribution in [2.45, 2.75) is 70.9 Å². The molecular formula is C78H60ClN6NaO18PtS6+2. The summed E-state index contributed by atoms with van der Waals surface area (Å²) in [6.45, 7) is 11.0. The van der Waals surface area contributed by atoms with Crippen molar-refractivity contribution < 1.29 is 141 Å². The third kappa shape index (κ3) is 18.0.